The minimum absolute atomic E-state index is 0.0830. The number of hydrogen-bond acceptors (Lipinski definition) is 0. The summed E-state index contributed by atoms with van der Waals surface area (Å²) in [5.74, 6) is -2.31. The molecule has 3 aromatic heterocycles. The molecule has 0 saturated carbocycles. The highest BCUT2D eigenvalue weighted by molar-refractivity contribution is 5.85. The first kappa shape index (κ1) is 10.5. The maximum Gasteiger partial charge on any atom is 0.0798 e. The minimum atomic E-state index is -2.78. The van der Waals surface area contributed by atoms with Gasteiger partial charge in [0, 0.05) is 68.3 Å². The monoisotopic (exact) mass is 413 g/mol. The zero-order valence-electron chi connectivity index (χ0n) is 26.5. The summed E-state index contributed by atoms with van der Waals surface area (Å²) in [6, 6.07) is 24.8. The van der Waals surface area contributed by atoms with Gasteiger partial charge in [0.2, 0.25) is 0 Å². The van der Waals surface area contributed by atoms with E-state index in [1.807, 2.05) is 0 Å². The Morgan fingerprint density at radius 3 is 1.19 bits per heavy atom. The third kappa shape index (κ3) is 2.59. The van der Waals surface area contributed by atoms with Crippen molar-refractivity contribution in [2.24, 2.45) is 20.9 Å². The van der Waals surface area contributed by atoms with Crippen LogP contribution in [0.15, 0.2) is 91.0 Å². The third-order valence-corrected chi connectivity index (χ3v) is 5.90. The Bertz CT molecular complexity index is 1710. The average molecular weight is 414 g/mol. The second kappa shape index (κ2) is 6.64. The van der Waals surface area contributed by atoms with Crippen molar-refractivity contribution in [3.05, 3.63) is 108 Å². The summed E-state index contributed by atoms with van der Waals surface area (Å²) in [5, 5.41) is 1.55. The third-order valence-electron chi connectivity index (χ3n) is 5.90. The Labute approximate surface area is 195 Å². The van der Waals surface area contributed by atoms with Gasteiger partial charge in [0.15, 0.2) is 0 Å². The van der Waals surface area contributed by atoms with E-state index >= 15 is 0 Å². The summed E-state index contributed by atoms with van der Waals surface area (Å²) in [4.78, 5) is 0. The van der Waals surface area contributed by atoms with Crippen LogP contribution in [0.5, 0.6) is 0 Å². The van der Waals surface area contributed by atoms with Gasteiger partial charge in [-0.1, -0.05) is 54.6 Å². The molecule has 0 N–H and O–H groups in total. The summed E-state index contributed by atoms with van der Waals surface area (Å²) in [6.07, 6.45) is 0. The lowest BCUT2D eigenvalue weighted by atomic mass is 9.96. The molecule has 0 aliphatic heterocycles. The molecular weight excluding hydrogens is 378 g/mol. The van der Waals surface area contributed by atoms with Gasteiger partial charge in [0.25, 0.3) is 0 Å². The van der Waals surface area contributed by atoms with Crippen molar-refractivity contribution < 1.29 is 13.7 Å². The van der Waals surface area contributed by atoms with E-state index in [1.165, 1.54) is 18.2 Å². The lowest BCUT2D eigenvalue weighted by molar-refractivity contribution is 0.711. The molecule has 0 saturated heterocycles. The molecule has 0 spiro atoms. The van der Waals surface area contributed by atoms with Gasteiger partial charge in [0.1, 0.15) is 0 Å². The predicted octanol–water partition coefficient (Wildman–Crippen LogP) is 6.34. The predicted molar refractivity (Wildman–Crippen MR) is 130 cm³/mol. The molecule has 0 amide bonds. The van der Waals surface area contributed by atoms with E-state index in [1.54, 1.807) is 72.8 Å². The Morgan fingerprint density at radius 2 is 0.871 bits per heavy atom. The molecule has 31 heavy (non-hydrogen) atoms. The second-order valence-corrected chi connectivity index (χ2v) is 7.65. The van der Waals surface area contributed by atoms with Crippen LogP contribution in [0.3, 0.4) is 0 Å². The van der Waals surface area contributed by atoms with Crippen molar-refractivity contribution in [3.63, 3.8) is 0 Å². The first-order chi connectivity index (χ1) is 19.1. The van der Waals surface area contributed by atoms with Crippen LogP contribution >= 0.6 is 0 Å². The van der Waals surface area contributed by atoms with Gasteiger partial charge in [0.05, 0.1) is 5.89 Å². The zero-order chi connectivity index (χ0) is 29.5. The van der Waals surface area contributed by atoms with Gasteiger partial charge in [-0.05, 0) is 52.6 Å². The van der Waals surface area contributed by atoms with Crippen molar-refractivity contribution in [1.82, 2.24) is 13.7 Å². The van der Waals surface area contributed by atoms with Gasteiger partial charge in [-0.15, -0.1) is 0 Å². The largest absolute Gasteiger partial charge is 0.347 e. The Balaban J connectivity index is 1.88. The number of nitrogens with zero attached hydrogens (tertiary/aromatic N) is 3. The summed E-state index contributed by atoms with van der Waals surface area (Å²) < 4.78 is 89.6. The van der Waals surface area contributed by atoms with E-state index in [0.29, 0.717) is 32.7 Å². The average Bonchev–Trinajstić information content (AvgIpc) is 3.59. The van der Waals surface area contributed by atoms with Crippen molar-refractivity contribution in [2.75, 3.05) is 0 Å². The fourth-order valence-electron chi connectivity index (χ4n) is 4.41. The SMILES string of the molecule is [2H]C(c1cc2ccccc2n1C([2H])([2H])[2H])(c1cc2ccccc2n1C([2H])([2H])[2H])c1cc2ccccc2n1C([2H])([2H])[2H]. The van der Waals surface area contributed by atoms with Crippen LogP contribution < -0.4 is 0 Å². The minimum Gasteiger partial charge on any atom is -0.347 e. The molecule has 0 bridgehead atoms. The van der Waals surface area contributed by atoms with E-state index < -0.39 is 26.8 Å². The van der Waals surface area contributed by atoms with Crippen LogP contribution in [-0.2, 0) is 20.9 Å². The molecule has 3 nitrogen and oxygen atoms in total. The van der Waals surface area contributed by atoms with Crippen LogP contribution in [0.2, 0.25) is 0 Å². The second-order valence-electron chi connectivity index (χ2n) is 7.65. The van der Waals surface area contributed by atoms with Crippen molar-refractivity contribution in [1.29, 1.82) is 0 Å². The zero-order valence-corrected chi connectivity index (χ0v) is 16.5. The molecule has 3 heteroatoms. The summed E-state index contributed by atoms with van der Waals surface area (Å²) >= 11 is 0. The van der Waals surface area contributed by atoms with E-state index in [4.69, 9.17) is 12.3 Å². The first-order valence-electron chi connectivity index (χ1n) is 15.0. The Hall–Kier alpha value is -3.72. The van der Waals surface area contributed by atoms with Crippen LogP contribution in [-0.4, -0.2) is 13.7 Å². The van der Waals surface area contributed by atoms with Crippen molar-refractivity contribution in [2.45, 2.75) is 5.89 Å². The molecule has 0 radical (unpaired) electrons. The van der Waals surface area contributed by atoms with E-state index in [2.05, 4.69) is 0 Å². The van der Waals surface area contributed by atoms with Gasteiger partial charge in [-0.3, -0.25) is 0 Å². The lowest BCUT2D eigenvalue weighted by Crippen LogP contribution is -2.14. The smallest absolute Gasteiger partial charge is 0.0798 e. The quantitative estimate of drug-likeness (QED) is 0.321. The van der Waals surface area contributed by atoms with E-state index in [0.717, 1.165) is 13.7 Å². The fourth-order valence-corrected chi connectivity index (χ4v) is 4.41. The molecule has 6 rings (SSSR count). The molecule has 3 heterocycles. The molecule has 6 aromatic rings. The highest BCUT2D eigenvalue weighted by Gasteiger charge is 2.27. The van der Waals surface area contributed by atoms with Gasteiger partial charge in [-0.25, -0.2) is 0 Å². The standard InChI is InChI=1S/C28H25N3/c1-29-22-13-7-4-10-19(22)16-25(29)28(26-17-20-11-5-8-14-23(20)30(26)2)27-18-21-12-6-9-15-24(21)31(27)3/h4-18,28H,1-3H3/i1D3,2D3,3D3,28D. The number of fused-ring (bicyclic) bond motifs is 3. The van der Waals surface area contributed by atoms with E-state index in [9.17, 15) is 1.37 Å². The highest BCUT2D eigenvalue weighted by atomic mass is 15.0. The molecule has 0 unspecified atom stereocenters. The molecule has 3 aromatic carbocycles. The molecule has 152 valence electrons. The highest BCUT2D eigenvalue weighted by Crippen LogP contribution is 2.39. The number of aromatic nitrogens is 3. The van der Waals surface area contributed by atoms with Gasteiger partial charge < -0.3 is 13.7 Å². The molecular formula is C28H25N3. The van der Waals surface area contributed by atoms with Crippen molar-refractivity contribution in [3.8, 4) is 0 Å². The molecule has 0 atom stereocenters. The summed E-state index contributed by atoms with van der Waals surface area (Å²) in [6.45, 7) is -8.34. The van der Waals surface area contributed by atoms with Crippen LogP contribution in [0.1, 0.15) is 36.7 Å². The Kier molecular flexibility index (Phi) is 2.26. The topological polar surface area (TPSA) is 14.8 Å². The van der Waals surface area contributed by atoms with Crippen LogP contribution in [0.4, 0.5) is 0 Å². The van der Waals surface area contributed by atoms with Gasteiger partial charge >= 0.3 is 0 Å². The number of benzene rings is 3. The number of para-hydroxylation sites is 3. The molecule has 0 aliphatic carbocycles. The number of hydrogen-bond donors (Lipinski definition) is 0. The number of aryl methyl sites for hydroxylation is 3. The maximum atomic E-state index is 10.3. The van der Waals surface area contributed by atoms with Gasteiger partial charge in [-0.2, -0.15) is 0 Å². The normalized spacial score (nSPS) is 18.3. The van der Waals surface area contributed by atoms with Crippen LogP contribution in [0, 0.1) is 0 Å². The van der Waals surface area contributed by atoms with E-state index in [-0.39, 0.29) is 17.1 Å². The lowest BCUT2D eigenvalue weighted by Gasteiger charge is -2.21. The number of rotatable bonds is 3. The fraction of sp³-hybridized carbons (Fsp3) is 0.143. The molecule has 0 fully saturated rings. The van der Waals surface area contributed by atoms with Crippen molar-refractivity contribution >= 4 is 32.7 Å². The summed E-state index contributed by atoms with van der Waals surface area (Å²) in [7, 11) is 0. The first-order valence-corrected chi connectivity index (χ1v) is 9.98. The maximum absolute atomic E-state index is 10.3. The summed E-state index contributed by atoms with van der Waals surface area (Å²) in [5.41, 5.74) is 0.688. The molecule has 0 aliphatic rings. The van der Waals surface area contributed by atoms with Crippen LogP contribution in [0.25, 0.3) is 32.7 Å². The Morgan fingerprint density at radius 1 is 0.548 bits per heavy atom.